The number of aliphatic hydroxyl groups is 2. The molecule has 0 aromatic carbocycles. The van der Waals surface area contributed by atoms with Gasteiger partial charge >= 0.3 is 5.97 Å². The van der Waals surface area contributed by atoms with Gasteiger partial charge in [-0.1, -0.05) is 281 Å². The minimum Gasteiger partial charge on any atom is -0.466 e. The zero-order valence-corrected chi connectivity index (χ0v) is 47.0. The molecule has 0 saturated carbocycles. The van der Waals surface area contributed by atoms with Gasteiger partial charge in [0, 0.05) is 12.8 Å². The molecular formula is C64H121NO5. The molecule has 0 aromatic rings. The van der Waals surface area contributed by atoms with E-state index in [4.69, 9.17) is 4.74 Å². The summed E-state index contributed by atoms with van der Waals surface area (Å²) in [6.45, 7) is 4.91. The van der Waals surface area contributed by atoms with Crippen LogP contribution in [0, 0.1) is 0 Å². The van der Waals surface area contributed by atoms with Gasteiger partial charge in [-0.05, 0) is 77.0 Å². The summed E-state index contributed by atoms with van der Waals surface area (Å²) in [5, 5.41) is 23.2. The molecule has 412 valence electrons. The third-order valence-electron chi connectivity index (χ3n) is 14.4. The molecule has 2 atom stereocenters. The first-order chi connectivity index (χ1) is 34.5. The molecule has 0 radical (unpaired) electrons. The summed E-state index contributed by atoms with van der Waals surface area (Å²) >= 11 is 0. The number of hydrogen-bond acceptors (Lipinski definition) is 5. The number of rotatable bonds is 58. The number of allylic oxidation sites excluding steroid dienone is 6. The Morgan fingerprint density at radius 1 is 0.400 bits per heavy atom. The smallest absolute Gasteiger partial charge is 0.305 e. The molecule has 0 aromatic heterocycles. The van der Waals surface area contributed by atoms with Gasteiger partial charge in [-0.3, -0.25) is 9.59 Å². The van der Waals surface area contributed by atoms with E-state index in [1.165, 1.54) is 250 Å². The number of ether oxygens (including phenoxy) is 1. The molecule has 0 rings (SSSR count). The number of unbranched alkanes of at least 4 members (excludes halogenated alkanes) is 41. The largest absolute Gasteiger partial charge is 0.466 e. The van der Waals surface area contributed by atoms with Gasteiger partial charge in [0.2, 0.25) is 5.91 Å². The van der Waals surface area contributed by atoms with Gasteiger partial charge in [-0.15, -0.1) is 0 Å². The van der Waals surface area contributed by atoms with Gasteiger partial charge in [0.1, 0.15) is 0 Å². The van der Waals surface area contributed by atoms with Crippen molar-refractivity contribution in [2.75, 3.05) is 13.2 Å². The second kappa shape index (κ2) is 59.6. The van der Waals surface area contributed by atoms with E-state index < -0.39 is 12.1 Å². The molecule has 0 fully saturated rings. The first-order valence-electron chi connectivity index (χ1n) is 31.2. The topological polar surface area (TPSA) is 95.9 Å². The van der Waals surface area contributed by atoms with Gasteiger partial charge in [0.15, 0.2) is 0 Å². The van der Waals surface area contributed by atoms with Crippen molar-refractivity contribution in [3.8, 4) is 0 Å². The number of carbonyl (C=O) groups excluding carboxylic acids is 2. The molecule has 0 aliphatic rings. The minimum atomic E-state index is -0.664. The number of carbonyl (C=O) groups is 2. The molecule has 0 bridgehead atoms. The monoisotopic (exact) mass is 984 g/mol. The Hall–Kier alpha value is -1.92. The summed E-state index contributed by atoms with van der Waals surface area (Å²) in [6.07, 6.45) is 74.5. The molecule has 1 amide bonds. The first kappa shape index (κ1) is 68.1. The fourth-order valence-electron chi connectivity index (χ4n) is 9.59. The molecule has 6 heteroatoms. The van der Waals surface area contributed by atoms with E-state index in [1.807, 2.05) is 0 Å². The quantitative estimate of drug-likeness (QED) is 0.0321. The fraction of sp³-hybridized carbons (Fsp3) is 0.875. The lowest BCUT2D eigenvalue weighted by atomic mass is 10.0. The van der Waals surface area contributed by atoms with Gasteiger partial charge < -0.3 is 20.3 Å². The van der Waals surface area contributed by atoms with E-state index in [-0.39, 0.29) is 18.5 Å². The molecule has 0 aliphatic carbocycles. The SMILES string of the molecule is CCCC/C=C\C/C=C\CCCCCCCC(=O)OCCCCCCCCCCCCCC/C=C\CCCCCCCCCCCCCC(=O)NC(CO)C(O)CCCCCCCCCCCCCC. The average Bonchev–Trinajstić information content (AvgIpc) is 3.36. The number of esters is 1. The van der Waals surface area contributed by atoms with Gasteiger partial charge in [0.25, 0.3) is 0 Å². The predicted octanol–water partition coefficient (Wildman–Crippen LogP) is 19.6. The Balaban J connectivity index is 3.37. The van der Waals surface area contributed by atoms with E-state index >= 15 is 0 Å². The van der Waals surface area contributed by atoms with Gasteiger partial charge in [0.05, 0.1) is 25.4 Å². The van der Waals surface area contributed by atoms with E-state index in [2.05, 4.69) is 55.6 Å². The van der Waals surface area contributed by atoms with Crippen LogP contribution in [-0.4, -0.2) is 47.4 Å². The van der Waals surface area contributed by atoms with Crippen LogP contribution in [0.15, 0.2) is 36.5 Å². The third-order valence-corrected chi connectivity index (χ3v) is 14.4. The highest BCUT2D eigenvalue weighted by molar-refractivity contribution is 5.76. The molecule has 6 nitrogen and oxygen atoms in total. The summed E-state index contributed by atoms with van der Waals surface area (Å²) in [5.74, 6) is -0.0353. The Morgan fingerprint density at radius 2 is 0.729 bits per heavy atom. The van der Waals surface area contributed by atoms with Crippen molar-refractivity contribution in [2.45, 2.75) is 347 Å². The molecular weight excluding hydrogens is 863 g/mol. The van der Waals surface area contributed by atoms with Crippen LogP contribution in [0.2, 0.25) is 0 Å². The fourth-order valence-corrected chi connectivity index (χ4v) is 9.59. The van der Waals surface area contributed by atoms with Crippen molar-refractivity contribution in [1.82, 2.24) is 5.32 Å². The maximum absolute atomic E-state index is 12.5. The summed E-state index contributed by atoms with van der Waals surface area (Å²) in [4.78, 5) is 24.5. The van der Waals surface area contributed by atoms with Crippen molar-refractivity contribution >= 4 is 11.9 Å². The maximum Gasteiger partial charge on any atom is 0.305 e. The number of nitrogens with one attached hydrogen (secondary N) is 1. The molecule has 70 heavy (non-hydrogen) atoms. The highest BCUT2D eigenvalue weighted by atomic mass is 16.5. The van der Waals surface area contributed by atoms with Crippen molar-refractivity contribution < 1.29 is 24.5 Å². The van der Waals surface area contributed by atoms with Crippen LogP contribution in [-0.2, 0) is 14.3 Å². The lowest BCUT2D eigenvalue weighted by Crippen LogP contribution is -2.45. The van der Waals surface area contributed by atoms with Crippen LogP contribution in [0.25, 0.3) is 0 Å². The Labute approximate surface area is 436 Å². The Morgan fingerprint density at radius 3 is 1.14 bits per heavy atom. The highest BCUT2D eigenvalue weighted by Gasteiger charge is 2.20. The Kier molecular flexibility index (Phi) is 58.0. The van der Waals surface area contributed by atoms with Crippen LogP contribution in [0.5, 0.6) is 0 Å². The lowest BCUT2D eigenvalue weighted by Gasteiger charge is -2.22. The normalized spacial score (nSPS) is 12.8. The van der Waals surface area contributed by atoms with E-state index in [9.17, 15) is 19.8 Å². The second-order valence-corrected chi connectivity index (χ2v) is 21.4. The lowest BCUT2D eigenvalue weighted by molar-refractivity contribution is -0.143. The standard InChI is InChI=1S/C64H121NO5/c1-3-5-7-9-11-13-15-17-34-38-42-46-50-54-58-64(69)70-59-55-51-47-43-39-35-32-30-28-26-24-22-20-18-19-21-23-25-27-29-31-33-37-41-45-49-53-57-63(68)65-61(60-66)62(67)56-52-48-44-40-36-16-14-12-10-8-6-4-2/h9,11,15,17-19,61-62,66-67H,3-8,10,12-14,16,20-60H2,1-2H3,(H,65,68)/b11-9-,17-15-,19-18-. The summed E-state index contributed by atoms with van der Waals surface area (Å²) in [6, 6.07) is -0.541. The molecule has 3 N–H and O–H groups in total. The summed E-state index contributed by atoms with van der Waals surface area (Å²) in [5.41, 5.74) is 0. The zero-order valence-electron chi connectivity index (χ0n) is 47.0. The molecule has 0 aliphatic heterocycles. The number of amides is 1. The van der Waals surface area contributed by atoms with Crippen LogP contribution in [0.3, 0.4) is 0 Å². The van der Waals surface area contributed by atoms with Crippen molar-refractivity contribution in [2.24, 2.45) is 0 Å². The first-order valence-corrected chi connectivity index (χ1v) is 31.2. The summed E-state index contributed by atoms with van der Waals surface area (Å²) in [7, 11) is 0. The van der Waals surface area contributed by atoms with E-state index in [0.717, 1.165) is 51.4 Å². The second-order valence-electron chi connectivity index (χ2n) is 21.4. The third kappa shape index (κ3) is 55.4. The number of hydrogen-bond donors (Lipinski definition) is 3. The van der Waals surface area contributed by atoms with Gasteiger partial charge in [-0.25, -0.2) is 0 Å². The van der Waals surface area contributed by atoms with Crippen molar-refractivity contribution in [3.63, 3.8) is 0 Å². The molecule has 2 unspecified atom stereocenters. The van der Waals surface area contributed by atoms with Crippen molar-refractivity contribution in [3.05, 3.63) is 36.5 Å². The summed E-state index contributed by atoms with van der Waals surface area (Å²) < 4.78 is 5.47. The molecule has 0 saturated heterocycles. The minimum absolute atomic E-state index is 0.000358. The van der Waals surface area contributed by atoms with Gasteiger partial charge in [-0.2, -0.15) is 0 Å². The van der Waals surface area contributed by atoms with Crippen LogP contribution < -0.4 is 5.32 Å². The van der Waals surface area contributed by atoms with E-state index in [1.54, 1.807) is 0 Å². The van der Waals surface area contributed by atoms with Crippen LogP contribution in [0.4, 0.5) is 0 Å². The van der Waals surface area contributed by atoms with E-state index in [0.29, 0.717) is 25.9 Å². The van der Waals surface area contributed by atoms with Crippen LogP contribution in [0.1, 0.15) is 335 Å². The van der Waals surface area contributed by atoms with Crippen molar-refractivity contribution in [1.29, 1.82) is 0 Å². The molecule has 0 heterocycles. The number of aliphatic hydroxyl groups excluding tert-OH is 2. The highest BCUT2D eigenvalue weighted by Crippen LogP contribution is 2.17. The molecule has 0 spiro atoms. The van der Waals surface area contributed by atoms with Crippen LogP contribution >= 0.6 is 0 Å². The average molecular weight is 985 g/mol. The maximum atomic E-state index is 12.5. The Bertz CT molecular complexity index is 1130. The predicted molar refractivity (Wildman–Crippen MR) is 306 cm³/mol. The zero-order chi connectivity index (χ0) is 50.7.